The van der Waals surface area contributed by atoms with E-state index in [4.69, 9.17) is 4.99 Å². The molecule has 0 aromatic heterocycles. The number of rotatable bonds is 4. The van der Waals surface area contributed by atoms with E-state index in [0.29, 0.717) is 16.6 Å². The first kappa shape index (κ1) is 24.0. The summed E-state index contributed by atoms with van der Waals surface area (Å²) in [4.78, 5) is 19.1. The van der Waals surface area contributed by atoms with Crippen molar-refractivity contribution in [2.24, 2.45) is 4.99 Å². The zero-order valence-electron chi connectivity index (χ0n) is 20.8. The maximum Gasteiger partial charge on any atom is 0.248 e. The first-order valence-electron chi connectivity index (χ1n) is 11.6. The Balaban J connectivity index is 2.18. The summed E-state index contributed by atoms with van der Waals surface area (Å²) in [5.74, 6) is 3.57. The molecule has 0 bridgehead atoms. The van der Waals surface area contributed by atoms with Crippen molar-refractivity contribution in [1.82, 2.24) is 0 Å². The smallest absolute Gasteiger partial charge is 0.248 e. The minimum absolute atomic E-state index is 0.000448. The molecule has 0 aliphatic carbocycles. The number of amides is 1. The summed E-state index contributed by atoms with van der Waals surface area (Å²) < 4.78 is 0. The molecule has 3 nitrogen and oxygen atoms in total. The van der Waals surface area contributed by atoms with Crippen LogP contribution in [0.25, 0.3) is 0 Å². The molecular formula is C28H36N2OSi. The topological polar surface area (TPSA) is 32.7 Å². The van der Waals surface area contributed by atoms with E-state index in [-0.39, 0.29) is 12.5 Å². The number of fused-ring (bicyclic) bond motifs is 1. The number of hydrogen-bond acceptors (Lipinski definition) is 2. The molecule has 0 unspecified atom stereocenters. The number of anilines is 1. The molecule has 1 aliphatic heterocycles. The van der Waals surface area contributed by atoms with Gasteiger partial charge >= 0.3 is 0 Å². The highest BCUT2D eigenvalue weighted by molar-refractivity contribution is 6.90. The molecule has 0 N–H and O–H groups in total. The molecule has 2 aromatic carbocycles. The van der Waals surface area contributed by atoms with Crippen molar-refractivity contribution in [1.29, 1.82) is 0 Å². The molecule has 32 heavy (non-hydrogen) atoms. The van der Waals surface area contributed by atoms with E-state index in [1.807, 2.05) is 25.2 Å². The van der Waals surface area contributed by atoms with Crippen LogP contribution in [-0.4, -0.2) is 33.3 Å². The van der Waals surface area contributed by atoms with E-state index < -0.39 is 8.07 Å². The molecule has 0 saturated heterocycles. The average Bonchev–Trinajstić information content (AvgIpc) is 2.85. The first-order valence-corrected chi connectivity index (χ1v) is 13.9. The fourth-order valence-electron chi connectivity index (χ4n) is 5.25. The number of aryl methyl sites for hydroxylation is 1. The molecule has 1 amide bonds. The van der Waals surface area contributed by atoms with Gasteiger partial charge in [-0.2, -0.15) is 0 Å². The molecule has 2 aromatic rings. The van der Waals surface area contributed by atoms with Gasteiger partial charge in [-0.05, 0) is 47.3 Å². The van der Waals surface area contributed by atoms with Crippen LogP contribution in [-0.2, 0) is 4.79 Å². The predicted octanol–water partition coefficient (Wildman–Crippen LogP) is 6.38. The lowest BCUT2D eigenvalue weighted by Gasteiger charge is -2.38. The highest BCUT2D eigenvalue weighted by Gasteiger charge is 2.41. The van der Waals surface area contributed by atoms with Gasteiger partial charge in [-0.15, -0.1) is 5.54 Å². The van der Waals surface area contributed by atoms with Gasteiger partial charge in [0.05, 0.1) is 11.4 Å². The van der Waals surface area contributed by atoms with Crippen LogP contribution in [0.2, 0.25) is 16.6 Å². The molecule has 168 valence electrons. The third-order valence-corrected chi connectivity index (χ3v) is 13.3. The van der Waals surface area contributed by atoms with E-state index in [0.717, 1.165) is 33.7 Å². The van der Waals surface area contributed by atoms with Gasteiger partial charge in [0, 0.05) is 23.7 Å². The third-order valence-electron chi connectivity index (χ3n) is 7.05. The number of carbonyl (C=O) groups is 1. The molecule has 1 heterocycles. The fourth-order valence-corrected chi connectivity index (χ4v) is 10.5. The number of nitrogens with zero attached hydrogens (tertiary/aromatic N) is 2. The van der Waals surface area contributed by atoms with Crippen molar-refractivity contribution in [2.45, 2.75) is 65.1 Å². The number of benzodiazepines with no additional fused rings is 1. The molecule has 0 fully saturated rings. The van der Waals surface area contributed by atoms with Gasteiger partial charge in [0.25, 0.3) is 0 Å². The standard InChI is InChI=1S/C28H36N2OSi/c1-19(2)32(20(3)4,21(5)6)16-15-23-13-14-26-25(17-23)28(29-18-27(31)30(26)8)24-12-10-9-11-22(24)7/h9-14,17,19-21H,18H2,1-8H3. The molecule has 3 rings (SSSR count). The van der Waals surface area contributed by atoms with Gasteiger partial charge < -0.3 is 4.90 Å². The van der Waals surface area contributed by atoms with Gasteiger partial charge in [-0.1, -0.05) is 71.7 Å². The fraction of sp³-hybridized carbons (Fsp3) is 0.429. The average molecular weight is 445 g/mol. The number of benzene rings is 2. The van der Waals surface area contributed by atoms with Gasteiger partial charge in [0.15, 0.2) is 0 Å². The maximum atomic E-state index is 12.6. The second kappa shape index (κ2) is 9.46. The Hall–Kier alpha value is -2.64. The quantitative estimate of drug-likeness (QED) is 0.398. The summed E-state index contributed by atoms with van der Waals surface area (Å²) in [5, 5.41) is 0. The summed E-state index contributed by atoms with van der Waals surface area (Å²) in [6, 6.07) is 14.4. The molecular weight excluding hydrogens is 408 g/mol. The van der Waals surface area contributed by atoms with E-state index in [1.54, 1.807) is 4.90 Å². The Morgan fingerprint density at radius 1 is 0.938 bits per heavy atom. The van der Waals surface area contributed by atoms with Crippen LogP contribution in [0.1, 0.15) is 63.8 Å². The van der Waals surface area contributed by atoms with Crippen molar-refractivity contribution in [3.05, 3.63) is 64.7 Å². The lowest BCUT2D eigenvalue weighted by Crippen LogP contribution is -2.43. The summed E-state index contributed by atoms with van der Waals surface area (Å²) in [6.45, 7) is 16.3. The Morgan fingerprint density at radius 3 is 2.16 bits per heavy atom. The number of likely N-dealkylation sites (N-methyl/N-ethyl adjacent to an activating group) is 1. The van der Waals surface area contributed by atoms with Crippen LogP contribution in [0.15, 0.2) is 47.5 Å². The number of carbonyl (C=O) groups excluding carboxylic acids is 1. The zero-order chi connectivity index (χ0) is 23.6. The van der Waals surface area contributed by atoms with E-state index in [9.17, 15) is 4.79 Å². The minimum atomic E-state index is -1.83. The van der Waals surface area contributed by atoms with Crippen molar-refractivity contribution >= 4 is 25.4 Å². The van der Waals surface area contributed by atoms with E-state index in [1.165, 1.54) is 0 Å². The van der Waals surface area contributed by atoms with Gasteiger partial charge in [0.1, 0.15) is 14.6 Å². The highest BCUT2D eigenvalue weighted by atomic mass is 28.3. The molecule has 0 radical (unpaired) electrons. The summed E-state index contributed by atoms with van der Waals surface area (Å²) >= 11 is 0. The Kier molecular flexibility index (Phi) is 7.10. The summed E-state index contributed by atoms with van der Waals surface area (Å²) in [7, 11) is 0.00434. The van der Waals surface area contributed by atoms with Crippen LogP contribution >= 0.6 is 0 Å². The Bertz CT molecular complexity index is 1080. The van der Waals surface area contributed by atoms with Crippen LogP contribution in [0, 0.1) is 18.4 Å². The SMILES string of the molecule is Cc1ccccc1C1=NCC(=O)N(C)c2ccc(C#C[Si](C(C)C)(C(C)C)C(C)C)cc21. The number of hydrogen-bond donors (Lipinski definition) is 0. The van der Waals surface area contributed by atoms with Crippen LogP contribution in [0.3, 0.4) is 0 Å². The lowest BCUT2D eigenvalue weighted by atomic mass is 9.95. The normalized spacial score (nSPS) is 14.3. The molecule has 4 heteroatoms. The van der Waals surface area contributed by atoms with Crippen molar-refractivity contribution in [2.75, 3.05) is 18.5 Å². The second-order valence-corrected chi connectivity index (χ2v) is 15.4. The third kappa shape index (κ3) is 4.32. The highest BCUT2D eigenvalue weighted by Crippen LogP contribution is 2.41. The van der Waals surface area contributed by atoms with E-state index >= 15 is 0 Å². The molecule has 0 spiro atoms. The minimum Gasteiger partial charge on any atom is -0.313 e. The zero-order valence-corrected chi connectivity index (χ0v) is 21.8. The first-order chi connectivity index (χ1) is 15.1. The monoisotopic (exact) mass is 444 g/mol. The second-order valence-electron chi connectivity index (χ2n) is 9.81. The van der Waals surface area contributed by atoms with E-state index in [2.05, 4.69) is 84.2 Å². The molecule has 0 saturated carbocycles. The van der Waals surface area contributed by atoms with Crippen molar-refractivity contribution < 1.29 is 4.79 Å². The van der Waals surface area contributed by atoms with Crippen molar-refractivity contribution in [3.8, 4) is 11.5 Å². The Labute approximate surface area is 195 Å². The van der Waals surface area contributed by atoms with Crippen molar-refractivity contribution in [3.63, 3.8) is 0 Å². The Morgan fingerprint density at radius 2 is 1.56 bits per heavy atom. The number of aliphatic imine (C=N–C) groups is 1. The summed E-state index contributed by atoms with van der Waals surface area (Å²) in [5.41, 5.74) is 11.5. The molecule has 0 atom stereocenters. The van der Waals surface area contributed by atoms with Crippen LogP contribution in [0.4, 0.5) is 5.69 Å². The van der Waals surface area contributed by atoms with Crippen LogP contribution in [0.5, 0.6) is 0 Å². The molecule has 1 aliphatic rings. The van der Waals surface area contributed by atoms with Crippen LogP contribution < -0.4 is 4.90 Å². The lowest BCUT2D eigenvalue weighted by molar-refractivity contribution is -0.116. The van der Waals surface area contributed by atoms with Gasteiger partial charge in [-0.3, -0.25) is 9.79 Å². The van der Waals surface area contributed by atoms with Gasteiger partial charge in [-0.25, -0.2) is 0 Å². The largest absolute Gasteiger partial charge is 0.313 e. The summed E-state index contributed by atoms with van der Waals surface area (Å²) in [6.07, 6.45) is 0. The van der Waals surface area contributed by atoms with Gasteiger partial charge in [0.2, 0.25) is 5.91 Å². The maximum absolute atomic E-state index is 12.6. The predicted molar refractivity (Wildman–Crippen MR) is 139 cm³/mol.